The molecule has 2 aromatic rings. The van der Waals surface area contributed by atoms with Crippen molar-refractivity contribution in [3.63, 3.8) is 0 Å². The van der Waals surface area contributed by atoms with Crippen LogP contribution in [-0.2, 0) is 19.1 Å². The summed E-state index contributed by atoms with van der Waals surface area (Å²) in [5, 5.41) is 10.1. The van der Waals surface area contributed by atoms with Gasteiger partial charge >= 0.3 is 11.9 Å². The Labute approximate surface area is 211 Å². The first-order valence-corrected chi connectivity index (χ1v) is 11.9. The van der Waals surface area contributed by atoms with E-state index in [0.717, 1.165) is 25.1 Å². The quantitative estimate of drug-likeness (QED) is 0.633. The average Bonchev–Trinajstić information content (AvgIpc) is 2.92. The number of anilines is 2. The van der Waals surface area contributed by atoms with Crippen LogP contribution in [0.1, 0.15) is 37.7 Å². The van der Waals surface area contributed by atoms with Gasteiger partial charge in [-0.25, -0.2) is 9.59 Å². The largest absolute Gasteiger partial charge is 0.466 e. The lowest BCUT2D eigenvalue weighted by atomic mass is 9.81. The van der Waals surface area contributed by atoms with Crippen molar-refractivity contribution < 1.29 is 19.1 Å². The number of rotatable bonds is 5. The van der Waals surface area contributed by atoms with Crippen molar-refractivity contribution in [3.8, 4) is 6.07 Å². The Hall–Kier alpha value is -4.25. The summed E-state index contributed by atoms with van der Waals surface area (Å²) in [5.74, 6) is -2.33. The summed E-state index contributed by atoms with van der Waals surface area (Å²) >= 11 is 0. The van der Waals surface area contributed by atoms with E-state index in [4.69, 9.17) is 15.2 Å². The summed E-state index contributed by atoms with van der Waals surface area (Å²) < 4.78 is 10.2. The van der Waals surface area contributed by atoms with Gasteiger partial charge in [0.15, 0.2) is 0 Å². The Kier molecular flexibility index (Phi) is 7.30. The van der Waals surface area contributed by atoms with E-state index in [0.29, 0.717) is 17.3 Å². The number of esters is 2. The highest BCUT2D eigenvalue weighted by atomic mass is 16.5. The fraction of sp³-hybridized carbons (Fsp3) is 0.321. The van der Waals surface area contributed by atoms with Crippen LogP contribution >= 0.6 is 0 Å². The van der Waals surface area contributed by atoms with Crippen LogP contribution in [0.25, 0.3) is 0 Å². The molecule has 8 nitrogen and oxygen atoms in total. The second-order valence-electron chi connectivity index (χ2n) is 8.89. The number of nitriles is 1. The maximum absolute atomic E-state index is 13.2. The zero-order chi connectivity index (χ0) is 25.8. The Morgan fingerprint density at radius 1 is 0.972 bits per heavy atom. The minimum Gasteiger partial charge on any atom is -0.466 e. The average molecular weight is 487 g/mol. The van der Waals surface area contributed by atoms with Crippen LogP contribution in [0.5, 0.6) is 0 Å². The van der Waals surface area contributed by atoms with Crippen LogP contribution in [0, 0.1) is 11.3 Å². The molecule has 4 rings (SSSR count). The SMILES string of the molecule is COC(=O)C1=C(C(=O)OC)N(c2ccc(N3CCCCC3C)cc2)C(N)=C(C#N)C1c1ccccc1. The molecule has 2 N–H and O–H groups in total. The molecular formula is C28H30N4O4. The Bertz CT molecular complexity index is 1240. The Morgan fingerprint density at radius 3 is 2.19 bits per heavy atom. The van der Waals surface area contributed by atoms with Gasteiger partial charge in [-0.3, -0.25) is 4.90 Å². The van der Waals surface area contributed by atoms with E-state index < -0.39 is 17.9 Å². The Balaban J connectivity index is 1.90. The number of nitrogens with zero attached hydrogens (tertiary/aromatic N) is 3. The molecule has 1 saturated heterocycles. The third kappa shape index (κ3) is 4.40. The summed E-state index contributed by atoms with van der Waals surface area (Å²) in [6.07, 6.45) is 3.49. The van der Waals surface area contributed by atoms with Crippen LogP contribution < -0.4 is 15.5 Å². The van der Waals surface area contributed by atoms with Crippen LogP contribution in [-0.4, -0.2) is 38.7 Å². The van der Waals surface area contributed by atoms with Gasteiger partial charge in [0.1, 0.15) is 11.5 Å². The first-order valence-electron chi connectivity index (χ1n) is 11.9. The summed E-state index contributed by atoms with van der Waals surface area (Å²) in [7, 11) is 2.47. The van der Waals surface area contributed by atoms with Crippen molar-refractivity contribution in [2.75, 3.05) is 30.6 Å². The molecule has 0 bridgehead atoms. The second kappa shape index (κ2) is 10.6. The van der Waals surface area contributed by atoms with E-state index in [1.54, 1.807) is 24.3 Å². The lowest BCUT2D eigenvalue weighted by Crippen LogP contribution is -2.41. The number of ether oxygens (including phenoxy) is 2. The third-order valence-corrected chi connectivity index (χ3v) is 6.85. The van der Waals surface area contributed by atoms with Crippen molar-refractivity contribution >= 4 is 23.3 Å². The van der Waals surface area contributed by atoms with Gasteiger partial charge in [0.05, 0.1) is 37.4 Å². The number of carbonyl (C=O) groups is 2. The van der Waals surface area contributed by atoms with Crippen molar-refractivity contribution in [1.29, 1.82) is 5.26 Å². The predicted octanol–water partition coefficient (Wildman–Crippen LogP) is 3.96. The van der Waals surface area contributed by atoms with Gasteiger partial charge < -0.3 is 20.1 Å². The molecule has 0 aromatic heterocycles. The molecule has 8 heteroatoms. The summed E-state index contributed by atoms with van der Waals surface area (Å²) in [6.45, 7) is 3.19. The number of allylic oxidation sites excluding steroid dienone is 1. The van der Waals surface area contributed by atoms with Crippen LogP contribution in [0.2, 0.25) is 0 Å². The molecular weight excluding hydrogens is 456 g/mol. The monoisotopic (exact) mass is 486 g/mol. The molecule has 2 aliphatic heterocycles. The van der Waals surface area contributed by atoms with Crippen molar-refractivity contribution in [1.82, 2.24) is 0 Å². The molecule has 2 unspecified atom stereocenters. The lowest BCUT2D eigenvalue weighted by molar-refractivity contribution is -0.139. The third-order valence-electron chi connectivity index (χ3n) is 6.85. The maximum atomic E-state index is 13.2. The first-order chi connectivity index (χ1) is 17.4. The number of hydrogen-bond donors (Lipinski definition) is 1. The van der Waals surface area contributed by atoms with Crippen LogP contribution in [0.3, 0.4) is 0 Å². The zero-order valence-corrected chi connectivity index (χ0v) is 20.7. The topological polar surface area (TPSA) is 109 Å². The number of carbonyl (C=O) groups excluding carboxylic acids is 2. The van der Waals surface area contributed by atoms with Gasteiger partial charge in [0, 0.05) is 24.0 Å². The summed E-state index contributed by atoms with van der Waals surface area (Å²) in [4.78, 5) is 30.1. The number of benzene rings is 2. The van der Waals surface area contributed by atoms with E-state index in [9.17, 15) is 14.9 Å². The second-order valence-corrected chi connectivity index (χ2v) is 8.89. The van der Waals surface area contributed by atoms with Gasteiger partial charge in [0.25, 0.3) is 0 Å². The number of hydrogen-bond acceptors (Lipinski definition) is 8. The van der Waals surface area contributed by atoms with Crippen molar-refractivity contribution in [2.24, 2.45) is 5.73 Å². The fourth-order valence-corrected chi connectivity index (χ4v) is 5.06. The van der Waals surface area contributed by atoms with Gasteiger partial charge in [0.2, 0.25) is 0 Å². The minimum absolute atomic E-state index is 0.00460. The molecule has 2 aliphatic rings. The molecule has 36 heavy (non-hydrogen) atoms. The molecule has 0 radical (unpaired) electrons. The molecule has 0 amide bonds. The molecule has 0 aliphatic carbocycles. The number of piperidine rings is 1. The summed E-state index contributed by atoms with van der Waals surface area (Å²) in [6, 6.07) is 19.1. The number of nitrogens with two attached hydrogens (primary N) is 1. The molecule has 1 fully saturated rings. The van der Waals surface area contributed by atoms with E-state index in [2.05, 4.69) is 17.9 Å². The number of methoxy groups -OCH3 is 2. The van der Waals surface area contributed by atoms with Crippen molar-refractivity contribution in [3.05, 3.63) is 82.8 Å². The van der Waals surface area contributed by atoms with E-state index >= 15 is 0 Å². The van der Waals surface area contributed by atoms with E-state index in [-0.39, 0.29) is 22.7 Å². The molecule has 2 aromatic carbocycles. The minimum atomic E-state index is -0.887. The molecule has 0 spiro atoms. The molecule has 0 saturated carbocycles. The highest BCUT2D eigenvalue weighted by molar-refractivity contribution is 6.06. The Morgan fingerprint density at radius 2 is 1.61 bits per heavy atom. The highest BCUT2D eigenvalue weighted by Crippen LogP contribution is 2.43. The summed E-state index contributed by atoms with van der Waals surface area (Å²) in [5.41, 5.74) is 8.85. The van der Waals surface area contributed by atoms with Gasteiger partial charge in [-0.15, -0.1) is 0 Å². The fourth-order valence-electron chi connectivity index (χ4n) is 5.06. The molecule has 2 heterocycles. The lowest BCUT2D eigenvalue weighted by Gasteiger charge is -2.37. The zero-order valence-electron chi connectivity index (χ0n) is 20.7. The van der Waals surface area contributed by atoms with Gasteiger partial charge in [-0.05, 0) is 56.0 Å². The highest BCUT2D eigenvalue weighted by Gasteiger charge is 2.43. The molecule has 2 atom stereocenters. The van der Waals surface area contributed by atoms with E-state index in [1.807, 2.05) is 30.3 Å². The van der Waals surface area contributed by atoms with Crippen LogP contribution in [0.15, 0.2) is 77.3 Å². The van der Waals surface area contributed by atoms with Crippen molar-refractivity contribution in [2.45, 2.75) is 38.1 Å². The molecule has 186 valence electrons. The maximum Gasteiger partial charge on any atom is 0.355 e. The van der Waals surface area contributed by atoms with E-state index in [1.165, 1.54) is 25.5 Å². The standard InChI is InChI=1S/C28H30N4O4/c1-18-9-7-8-16-31(18)20-12-14-21(15-13-20)32-25(28(34)36-3)24(27(33)35-2)23(22(17-29)26(32)30)19-10-5-4-6-11-19/h4-6,10-15,18,23H,7-9,16,30H2,1-3H3. The van der Waals surface area contributed by atoms with Crippen LogP contribution in [0.4, 0.5) is 11.4 Å². The van der Waals surface area contributed by atoms with Gasteiger partial charge in [-0.2, -0.15) is 5.26 Å². The smallest absolute Gasteiger partial charge is 0.355 e. The predicted molar refractivity (Wildman–Crippen MR) is 137 cm³/mol. The normalized spacial score (nSPS) is 20.2. The van der Waals surface area contributed by atoms with Gasteiger partial charge in [-0.1, -0.05) is 30.3 Å². The first kappa shape index (κ1) is 24.9.